The number of hydrogen-bond donors (Lipinski definition) is 0. The summed E-state index contributed by atoms with van der Waals surface area (Å²) in [5, 5.41) is 0. The summed E-state index contributed by atoms with van der Waals surface area (Å²) in [5.41, 5.74) is 1.81. The minimum absolute atomic E-state index is 0.000453. The maximum absolute atomic E-state index is 13.8. The molecule has 1 fully saturated rings. The lowest BCUT2D eigenvalue weighted by atomic mass is 9.77. The van der Waals surface area contributed by atoms with Crippen LogP contribution in [0.1, 0.15) is 11.1 Å². The third-order valence-corrected chi connectivity index (χ3v) is 5.91. The van der Waals surface area contributed by atoms with Gasteiger partial charge >= 0.3 is 0 Å². The highest BCUT2D eigenvalue weighted by Gasteiger charge is 2.57. The number of carbonyl (C=O) groups is 1. The van der Waals surface area contributed by atoms with Crippen LogP contribution in [0.2, 0.25) is 0 Å². The lowest BCUT2D eigenvalue weighted by Crippen LogP contribution is -2.47. The van der Waals surface area contributed by atoms with E-state index in [0.29, 0.717) is 43.6 Å². The molecule has 2 aromatic rings. The summed E-state index contributed by atoms with van der Waals surface area (Å²) in [7, 11) is 0. The molecule has 1 unspecified atom stereocenters. The van der Waals surface area contributed by atoms with Crippen LogP contribution in [0.4, 0.5) is 5.69 Å². The van der Waals surface area contributed by atoms with Crippen molar-refractivity contribution >= 4 is 11.6 Å². The second kappa shape index (κ2) is 5.86. The molecule has 7 nitrogen and oxygen atoms in total. The Morgan fingerprint density at radius 2 is 1.86 bits per heavy atom. The van der Waals surface area contributed by atoms with Gasteiger partial charge in [0.05, 0.1) is 32.5 Å². The summed E-state index contributed by atoms with van der Waals surface area (Å²) >= 11 is 0. The van der Waals surface area contributed by atoms with Gasteiger partial charge in [0, 0.05) is 17.3 Å². The van der Waals surface area contributed by atoms with E-state index in [0.717, 1.165) is 16.8 Å². The quantitative estimate of drug-likeness (QED) is 0.791. The number of rotatable bonds is 2. The molecule has 4 aliphatic heterocycles. The van der Waals surface area contributed by atoms with Gasteiger partial charge in [-0.25, -0.2) is 0 Å². The molecule has 6 rings (SSSR count). The molecule has 4 heterocycles. The summed E-state index contributed by atoms with van der Waals surface area (Å²) in [5.74, 6) is 1.97. The van der Waals surface area contributed by atoms with Gasteiger partial charge < -0.3 is 28.6 Å². The van der Waals surface area contributed by atoms with Gasteiger partial charge in [0.2, 0.25) is 12.7 Å². The van der Waals surface area contributed by atoms with E-state index >= 15 is 0 Å². The molecule has 1 amide bonds. The normalized spacial score (nSPS) is 27.1. The van der Waals surface area contributed by atoms with Crippen molar-refractivity contribution in [2.75, 3.05) is 44.7 Å². The molecule has 28 heavy (non-hydrogen) atoms. The number of nitrogens with zero attached hydrogens (tertiary/aromatic N) is 1. The zero-order valence-corrected chi connectivity index (χ0v) is 15.2. The average Bonchev–Trinajstić information content (AvgIpc) is 3.40. The first-order valence-electron chi connectivity index (χ1n) is 9.45. The molecule has 2 atom stereocenters. The minimum Gasteiger partial charge on any atom is -0.491 e. The van der Waals surface area contributed by atoms with Crippen LogP contribution < -0.4 is 19.1 Å². The molecule has 0 saturated carbocycles. The summed E-state index contributed by atoms with van der Waals surface area (Å²) in [4.78, 5) is 15.6. The van der Waals surface area contributed by atoms with Crippen molar-refractivity contribution in [3.05, 3.63) is 47.5 Å². The van der Waals surface area contributed by atoms with Gasteiger partial charge in [0.1, 0.15) is 17.8 Å². The first kappa shape index (κ1) is 16.2. The molecule has 144 valence electrons. The van der Waals surface area contributed by atoms with Gasteiger partial charge in [-0.3, -0.25) is 4.79 Å². The van der Waals surface area contributed by atoms with Gasteiger partial charge in [0.25, 0.3) is 0 Å². The van der Waals surface area contributed by atoms with E-state index in [1.807, 2.05) is 41.3 Å². The SMILES string of the molecule is O=C1N(C[C@H]2COCCO2)c2ccccc2C12COc1cc3c(cc12)OCO3. The topological polar surface area (TPSA) is 66.5 Å². The number of ether oxygens (including phenoxy) is 5. The second-order valence-electron chi connectivity index (χ2n) is 7.40. The van der Waals surface area contributed by atoms with E-state index in [2.05, 4.69) is 0 Å². The monoisotopic (exact) mass is 381 g/mol. The Labute approximate surface area is 161 Å². The Balaban J connectivity index is 1.46. The number of fused-ring (bicyclic) bond motifs is 5. The summed E-state index contributed by atoms with van der Waals surface area (Å²) in [6.45, 7) is 2.54. The number of anilines is 1. The number of carbonyl (C=O) groups excluding carboxylic acids is 1. The van der Waals surface area contributed by atoms with Crippen molar-refractivity contribution < 1.29 is 28.5 Å². The predicted molar refractivity (Wildman–Crippen MR) is 98.2 cm³/mol. The molecule has 1 spiro atoms. The van der Waals surface area contributed by atoms with Crippen LogP contribution in [0.5, 0.6) is 17.2 Å². The van der Waals surface area contributed by atoms with E-state index in [1.165, 1.54) is 0 Å². The molecule has 1 saturated heterocycles. The van der Waals surface area contributed by atoms with Crippen molar-refractivity contribution in [1.82, 2.24) is 0 Å². The van der Waals surface area contributed by atoms with Crippen LogP contribution in [-0.4, -0.2) is 51.8 Å². The largest absolute Gasteiger partial charge is 0.491 e. The summed E-state index contributed by atoms with van der Waals surface area (Å²) < 4.78 is 28.3. The van der Waals surface area contributed by atoms with Crippen LogP contribution in [0.25, 0.3) is 0 Å². The van der Waals surface area contributed by atoms with E-state index in [1.54, 1.807) is 0 Å². The molecule has 0 bridgehead atoms. The maximum atomic E-state index is 13.8. The van der Waals surface area contributed by atoms with Crippen LogP contribution in [0, 0.1) is 0 Å². The van der Waals surface area contributed by atoms with E-state index in [4.69, 9.17) is 23.7 Å². The number of amides is 1. The Morgan fingerprint density at radius 3 is 2.71 bits per heavy atom. The predicted octanol–water partition coefficient (Wildman–Crippen LogP) is 1.86. The highest BCUT2D eigenvalue weighted by Crippen LogP contribution is 2.55. The Hall–Kier alpha value is -2.77. The Morgan fingerprint density at radius 1 is 1.00 bits per heavy atom. The van der Waals surface area contributed by atoms with Crippen LogP contribution in [-0.2, 0) is 19.7 Å². The van der Waals surface area contributed by atoms with Gasteiger partial charge in [-0.1, -0.05) is 18.2 Å². The van der Waals surface area contributed by atoms with Gasteiger partial charge in [0.15, 0.2) is 11.5 Å². The Bertz CT molecular complexity index is 969. The van der Waals surface area contributed by atoms with Crippen molar-refractivity contribution in [3.63, 3.8) is 0 Å². The fourth-order valence-corrected chi connectivity index (χ4v) is 4.59. The lowest BCUT2D eigenvalue weighted by molar-refractivity contribution is -0.123. The average molecular weight is 381 g/mol. The molecule has 0 aromatic heterocycles. The van der Waals surface area contributed by atoms with Crippen LogP contribution in [0.15, 0.2) is 36.4 Å². The fourth-order valence-electron chi connectivity index (χ4n) is 4.59. The molecule has 2 aromatic carbocycles. The van der Waals surface area contributed by atoms with E-state index in [9.17, 15) is 4.79 Å². The van der Waals surface area contributed by atoms with E-state index in [-0.39, 0.29) is 25.4 Å². The van der Waals surface area contributed by atoms with Gasteiger partial charge in [-0.05, 0) is 17.7 Å². The van der Waals surface area contributed by atoms with Crippen LogP contribution >= 0.6 is 0 Å². The number of hydrogen-bond acceptors (Lipinski definition) is 6. The zero-order valence-electron chi connectivity index (χ0n) is 15.2. The molecule has 0 aliphatic carbocycles. The molecule has 7 heteroatoms. The number of benzene rings is 2. The number of para-hydroxylation sites is 1. The smallest absolute Gasteiger partial charge is 0.245 e. The van der Waals surface area contributed by atoms with Gasteiger partial charge in [-0.15, -0.1) is 0 Å². The third kappa shape index (κ3) is 2.08. The minimum atomic E-state index is -0.873. The Kier molecular flexibility index (Phi) is 3.39. The fraction of sp³-hybridized carbons (Fsp3) is 0.381. The third-order valence-electron chi connectivity index (χ3n) is 5.91. The maximum Gasteiger partial charge on any atom is 0.245 e. The van der Waals surface area contributed by atoms with Gasteiger partial charge in [-0.2, -0.15) is 0 Å². The first-order valence-corrected chi connectivity index (χ1v) is 9.45. The molecule has 0 radical (unpaired) electrons. The van der Waals surface area contributed by atoms with Crippen molar-refractivity contribution in [2.45, 2.75) is 11.5 Å². The van der Waals surface area contributed by atoms with Crippen molar-refractivity contribution in [1.29, 1.82) is 0 Å². The van der Waals surface area contributed by atoms with Crippen LogP contribution in [0.3, 0.4) is 0 Å². The zero-order chi connectivity index (χ0) is 18.7. The van der Waals surface area contributed by atoms with Crippen molar-refractivity contribution in [2.24, 2.45) is 0 Å². The summed E-state index contributed by atoms with van der Waals surface area (Å²) in [6, 6.07) is 11.6. The lowest BCUT2D eigenvalue weighted by Gasteiger charge is -2.29. The summed E-state index contributed by atoms with van der Waals surface area (Å²) in [6.07, 6.45) is -0.139. The van der Waals surface area contributed by atoms with E-state index < -0.39 is 5.41 Å². The van der Waals surface area contributed by atoms with Crippen molar-refractivity contribution in [3.8, 4) is 17.2 Å². The molecular weight excluding hydrogens is 362 g/mol. The standard InChI is InChI=1S/C21H19NO6/c23-20-21(11-26-17-8-19-18(7-15(17)21)27-12-28-19)14-3-1-2-4-16(14)22(20)9-13-10-24-5-6-25-13/h1-4,7-8,13H,5-6,9-12H2/t13-,21?/m0/s1. The molecule has 4 aliphatic rings. The first-order chi connectivity index (χ1) is 13.8. The highest BCUT2D eigenvalue weighted by molar-refractivity contribution is 6.11. The second-order valence-corrected chi connectivity index (χ2v) is 7.40. The highest BCUT2D eigenvalue weighted by atomic mass is 16.7. The molecule has 0 N–H and O–H groups in total. The molecular formula is C21H19NO6.